The number of nitrogens with zero attached hydrogens (tertiary/aromatic N) is 1. The molecule has 0 bridgehead atoms. The van der Waals surface area contributed by atoms with Crippen molar-refractivity contribution in [1.82, 2.24) is 4.98 Å². The van der Waals surface area contributed by atoms with Crippen molar-refractivity contribution in [3.8, 4) is 17.6 Å². The minimum Gasteiger partial charge on any atom is -0.506 e. The van der Waals surface area contributed by atoms with Crippen LogP contribution in [0.5, 0.6) is 5.75 Å². The van der Waals surface area contributed by atoms with E-state index in [0.29, 0.717) is 10.9 Å². The van der Waals surface area contributed by atoms with E-state index in [2.05, 4.69) is 16.8 Å². The van der Waals surface area contributed by atoms with Crippen LogP contribution in [-0.4, -0.2) is 28.4 Å². The van der Waals surface area contributed by atoms with E-state index in [0.717, 1.165) is 11.1 Å². The van der Waals surface area contributed by atoms with Gasteiger partial charge in [0.15, 0.2) is 5.78 Å². The number of rotatable bonds is 5. The highest BCUT2D eigenvalue weighted by Crippen LogP contribution is 2.24. The molecule has 0 aliphatic rings. The minimum atomic E-state index is -0.447. The van der Waals surface area contributed by atoms with E-state index >= 15 is 0 Å². The molecule has 0 radical (unpaired) electrons. The highest BCUT2D eigenvalue weighted by molar-refractivity contribution is 6.00. The maximum atomic E-state index is 12.3. The van der Waals surface area contributed by atoms with Crippen LogP contribution in [0, 0.1) is 11.8 Å². The lowest BCUT2D eigenvalue weighted by Crippen LogP contribution is -2.09. The first-order chi connectivity index (χ1) is 13.6. The second kappa shape index (κ2) is 8.83. The van der Waals surface area contributed by atoms with Gasteiger partial charge < -0.3 is 9.84 Å². The maximum absolute atomic E-state index is 12.3. The predicted octanol–water partition coefficient (Wildman–Crippen LogP) is 3.87. The van der Waals surface area contributed by atoms with Crippen LogP contribution in [0.4, 0.5) is 0 Å². The molecule has 1 N–H and O–H groups in total. The van der Waals surface area contributed by atoms with Crippen molar-refractivity contribution < 1.29 is 19.4 Å². The second-order valence-corrected chi connectivity index (χ2v) is 6.11. The Morgan fingerprint density at radius 1 is 1.00 bits per heavy atom. The third kappa shape index (κ3) is 4.74. The van der Waals surface area contributed by atoms with E-state index in [-0.39, 0.29) is 30.9 Å². The summed E-state index contributed by atoms with van der Waals surface area (Å²) >= 11 is 0. The summed E-state index contributed by atoms with van der Waals surface area (Å²) in [5.74, 6) is 5.09. The highest BCUT2D eigenvalue weighted by atomic mass is 16.5. The molecule has 2 aromatic carbocycles. The molecule has 0 spiro atoms. The Morgan fingerprint density at radius 3 is 2.50 bits per heavy atom. The Bertz CT molecular complexity index is 1080. The third-order valence-electron chi connectivity index (χ3n) is 4.05. The molecule has 3 rings (SSSR count). The molecule has 140 valence electrons. The van der Waals surface area contributed by atoms with E-state index in [1.807, 2.05) is 42.5 Å². The average Bonchev–Trinajstić information content (AvgIpc) is 2.71. The largest absolute Gasteiger partial charge is 0.506 e. The number of ether oxygens (including phenoxy) is 1. The number of fused-ring (bicyclic) bond motifs is 1. The van der Waals surface area contributed by atoms with Crippen LogP contribution in [0.25, 0.3) is 10.9 Å². The van der Waals surface area contributed by atoms with Gasteiger partial charge in [0.05, 0.1) is 18.5 Å². The summed E-state index contributed by atoms with van der Waals surface area (Å²) in [4.78, 5) is 28.0. The van der Waals surface area contributed by atoms with Crippen molar-refractivity contribution in [2.24, 2.45) is 0 Å². The van der Waals surface area contributed by atoms with Gasteiger partial charge in [-0.15, -0.1) is 0 Å². The lowest BCUT2D eigenvalue weighted by molar-refractivity contribution is -0.143. The molecule has 0 saturated heterocycles. The number of esters is 1. The summed E-state index contributed by atoms with van der Waals surface area (Å²) in [5.41, 5.74) is 2.22. The average molecular weight is 373 g/mol. The zero-order chi connectivity index (χ0) is 19.9. The smallest absolute Gasteiger partial charge is 0.306 e. The molecule has 0 aliphatic heterocycles. The summed E-state index contributed by atoms with van der Waals surface area (Å²) in [5, 5.41) is 10.9. The number of carbonyl (C=O) groups is 2. The van der Waals surface area contributed by atoms with Crippen molar-refractivity contribution in [2.75, 3.05) is 6.61 Å². The molecule has 1 aromatic heterocycles. The van der Waals surface area contributed by atoms with E-state index in [4.69, 9.17) is 4.74 Å². The van der Waals surface area contributed by atoms with Gasteiger partial charge in [-0.05, 0) is 43.3 Å². The monoisotopic (exact) mass is 373 g/mol. The molecule has 0 fully saturated rings. The van der Waals surface area contributed by atoms with Gasteiger partial charge >= 0.3 is 5.97 Å². The number of pyridine rings is 1. The fourth-order valence-electron chi connectivity index (χ4n) is 2.68. The van der Waals surface area contributed by atoms with Gasteiger partial charge in [0, 0.05) is 22.9 Å². The Morgan fingerprint density at radius 2 is 1.75 bits per heavy atom. The van der Waals surface area contributed by atoms with Crippen LogP contribution in [0.15, 0.2) is 54.6 Å². The number of Topliss-reactive ketones (excluding diaryl/α,β-unsaturated/α-hetero) is 1. The number of ketones is 1. The second-order valence-electron chi connectivity index (χ2n) is 6.11. The molecule has 0 amide bonds. The van der Waals surface area contributed by atoms with Crippen molar-refractivity contribution in [3.05, 3.63) is 71.4 Å². The van der Waals surface area contributed by atoms with Gasteiger partial charge in [-0.2, -0.15) is 0 Å². The van der Waals surface area contributed by atoms with Gasteiger partial charge in [-0.1, -0.05) is 30.0 Å². The van der Waals surface area contributed by atoms with E-state index in [1.165, 1.54) is 6.07 Å². The van der Waals surface area contributed by atoms with E-state index in [9.17, 15) is 14.7 Å². The Kier molecular flexibility index (Phi) is 6.03. The Hall–Kier alpha value is -3.65. The molecule has 1 heterocycles. The van der Waals surface area contributed by atoms with Crippen LogP contribution >= 0.6 is 0 Å². The number of aromatic hydroxyl groups is 1. The van der Waals surface area contributed by atoms with E-state index in [1.54, 1.807) is 13.0 Å². The number of hydrogen-bond acceptors (Lipinski definition) is 5. The zero-order valence-electron chi connectivity index (χ0n) is 15.4. The highest BCUT2D eigenvalue weighted by Gasteiger charge is 2.16. The van der Waals surface area contributed by atoms with Crippen LogP contribution in [0.1, 0.15) is 41.4 Å². The summed E-state index contributed by atoms with van der Waals surface area (Å²) in [6, 6.07) is 16.5. The quantitative estimate of drug-likeness (QED) is 0.417. The first kappa shape index (κ1) is 19.1. The van der Waals surface area contributed by atoms with Crippen molar-refractivity contribution in [3.63, 3.8) is 0 Å². The van der Waals surface area contributed by atoms with Crippen LogP contribution in [-0.2, 0) is 9.53 Å². The number of carbonyl (C=O) groups excluding carboxylic acids is 2. The number of aromatic nitrogens is 1. The number of benzene rings is 2. The van der Waals surface area contributed by atoms with Gasteiger partial charge in [0.1, 0.15) is 11.4 Å². The fourth-order valence-corrected chi connectivity index (χ4v) is 2.68. The van der Waals surface area contributed by atoms with E-state index < -0.39 is 11.8 Å². The molecular weight excluding hydrogens is 354 g/mol. The van der Waals surface area contributed by atoms with Crippen LogP contribution < -0.4 is 0 Å². The molecule has 0 unspecified atom stereocenters. The van der Waals surface area contributed by atoms with Crippen molar-refractivity contribution in [1.29, 1.82) is 0 Å². The van der Waals surface area contributed by atoms with Crippen molar-refractivity contribution in [2.45, 2.75) is 19.8 Å². The fraction of sp³-hybridized carbons (Fsp3) is 0.174. The maximum Gasteiger partial charge on any atom is 0.306 e. The molecule has 28 heavy (non-hydrogen) atoms. The normalized spacial score (nSPS) is 10.2. The summed E-state index contributed by atoms with van der Waals surface area (Å²) < 4.78 is 4.81. The SMILES string of the molecule is CCOC(=O)CCC(=O)c1nc2ccc(C#Cc3ccccc3)cc2cc1O. The lowest BCUT2D eigenvalue weighted by Gasteiger charge is -2.06. The molecule has 0 atom stereocenters. The molecule has 0 saturated carbocycles. The molecule has 5 nitrogen and oxygen atoms in total. The summed E-state index contributed by atoms with van der Waals surface area (Å²) in [6.45, 7) is 1.97. The summed E-state index contributed by atoms with van der Waals surface area (Å²) in [7, 11) is 0. The van der Waals surface area contributed by atoms with Gasteiger partial charge in [0.25, 0.3) is 0 Å². The first-order valence-corrected chi connectivity index (χ1v) is 8.96. The Balaban J connectivity index is 1.81. The zero-order valence-corrected chi connectivity index (χ0v) is 15.4. The van der Waals surface area contributed by atoms with Gasteiger partial charge in [-0.3, -0.25) is 9.59 Å². The standard InChI is InChI=1S/C23H19NO4/c1-2-28-22(27)13-12-20(25)23-21(26)15-18-14-17(10-11-19(18)24-23)9-8-16-6-4-3-5-7-16/h3-7,10-11,14-15,26H,2,12-13H2,1H3. The molecule has 0 aliphatic carbocycles. The summed E-state index contributed by atoms with van der Waals surface area (Å²) in [6.07, 6.45) is -0.106. The third-order valence-corrected chi connectivity index (χ3v) is 4.05. The van der Waals surface area contributed by atoms with Crippen LogP contribution in [0.3, 0.4) is 0 Å². The molecular formula is C23H19NO4. The topological polar surface area (TPSA) is 76.5 Å². The predicted molar refractivity (Wildman–Crippen MR) is 106 cm³/mol. The van der Waals surface area contributed by atoms with Crippen LogP contribution in [0.2, 0.25) is 0 Å². The number of hydrogen-bond donors (Lipinski definition) is 1. The molecule has 3 aromatic rings. The lowest BCUT2D eigenvalue weighted by atomic mass is 10.1. The van der Waals surface area contributed by atoms with Gasteiger partial charge in [0.2, 0.25) is 0 Å². The van der Waals surface area contributed by atoms with Crippen molar-refractivity contribution >= 4 is 22.7 Å². The molecule has 5 heteroatoms. The Labute approximate surface area is 163 Å². The first-order valence-electron chi connectivity index (χ1n) is 8.96. The van der Waals surface area contributed by atoms with Gasteiger partial charge in [-0.25, -0.2) is 4.98 Å². The minimum absolute atomic E-state index is 0.0417.